The second-order valence-electron chi connectivity index (χ2n) is 6.36. The molecule has 0 spiro atoms. The zero-order valence-corrected chi connectivity index (χ0v) is 13.0. The Balaban J connectivity index is 2.29. The number of Topliss-reactive ketones (excluding diaryl/α,β-unsaturated/α-hetero) is 1. The van der Waals surface area contributed by atoms with Gasteiger partial charge in [0.25, 0.3) is 0 Å². The van der Waals surface area contributed by atoms with E-state index < -0.39 is 0 Å². The van der Waals surface area contributed by atoms with Gasteiger partial charge < -0.3 is 0 Å². The summed E-state index contributed by atoms with van der Waals surface area (Å²) in [4.78, 5) is 11.7. The van der Waals surface area contributed by atoms with Crippen molar-refractivity contribution in [2.75, 3.05) is 0 Å². The molecule has 1 saturated carbocycles. The maximum absolute atomic E-state index is 11.7. The summed E-state index contributed by atoms with van der Waals surface area (Å²) in [5, 5.41) is 0. The van der Waals surface area contributed by atoms with E-state index in [1.54, 1.807) is 0 Å². The van der Waals surface area contributed by atoms with E-state index in [1.807, 2.05) is 0 Å². The number of ketones is 1. The van der Waals surface area contributed by atoms with E-state index in [-0.39, 0.29) is 0 Å². The predicted octanol–water partition coefficient (Wildman–Crippen LogP) is 5.46. The lowest BCUT2D eigenvalue weighted by atomic mass is 9.88. The Labute approximate surface area is 119 Å². The number of hydrogen-bond acceptors (Lipinski definition) is 1. The minimum atomic E-state index is 0.477. The van der Waals surface area contributed by atoms with Crippen LogP contribution >= 0.6 is 0 Å². The molecule has 1 heteroatoms. The molecule has 1 atom stereocenters. The lowest BCUT2D eigenvalue weighted by molar-refractivity contribution is -0.119. The molecular weight excluding hydrogens is 232 g/mol. The quantitative estimate of drug-likeness (QED) is 0.477. The molecule has 0 aromatic heterocycles. The van der Waals surface area contributed by atoms with Crippen LogP contribution in [-0.4, -0.2) is 5.78 Å². The van der Waals surface area contributed by atoms with Gasteiger partial charge in [0.2, 0.25) is 0 Å². The average molecular weight is 262 g/mol. The van der Waals surface area contributed by atoms with Crippen LogP contribution in [0.2, 0.25) is 0 Å². The third-order valence-corrected chi connectivity index (χ3v) is 3.86. The second kappa shape index (κ2) is 8.35. The van der Waals surface area contributed by atoms with Crippen molar-refractivity contribution in [2.45, 2.75) is 72.1 Å². The van der Waals surface area contributed by atoms with Gasteiger partial charge in [0, 0.05) is 12.8 Å². The van der Waals surface area contributed by atoms with Crippen LogP contribution < -0.4 is 0 Å². The topological polar surface area (TPSA) is 17.1 Å². The van der Waals surface area contributed by atoms with E-state index in [9.17, 15) is 4.79 Å². The number of carbonyl (C=O) groups excluding carboxylic acids is 1. The Morgan fingerprint density at radius 2 is 2.00 bits per heavy atom. The van der Waals surface area contributed by atoms with Crippen molar-refractivity contribution in [3.63, 3.8) is 0 Å². The van der Waals surface area contributed by atoms with Crippen LogP contribution in [-0.2, 0) is 4.79 Å². The lowest BCUT2D eigenvalue weighted by Gasteiger charge is -2.17. The monoisotopic (exact) mass is 262 g/mol. The van der Waals surface area contributed by atoms with Gasteiger partial charge in [-0.25, -0.2) is 0 Å². The number of allylic oxidation sites excluding steroid dienone is 3. The van der Waals surface area contributed by atoms with Crippen molar-refractivity contribution in [1.29, 1.82) is 0 Å². The SMILES string of the molecule is C=C(C=C(C)C)C(CCC)CCCC(=O)CC1CC1. The van der Waals surface area contributed by atoms with Crippen molar-refractivity contribution in [3.8, 4) is 0 Å². The average Bonchev–Trinajstić information content (AvgIpc) is 3.10. The molecule has 0 saturated heterocycles. The molecule has 108 valence electrons. The first-order valence-electron chi connectivity index (χ1n) is 7.88. The highest BCUT2D eigenvalue weighted by Crippen LogP contribution is 2.33. The van der Waals surface area contributed by atoms with Gasteiger partial charge in [0.1, 0.15) is 5.78 Å². The largest absolute Gasteiger partial charge is 0.300 e. The second-order valence-corrected chi connectivity index (χ2v) is 6.36. The van der Waals surface area contributed by atoms with Gasteiger partial charge in [-0.15, -0.1) is 0 Å². The molecule has 1 nitrogen and oxygen atoms in total. The Bertz CT molecular complexity index is 330. The Kier molecular flexibility index (Phi) is 7.12. The van der Waals surface area contributed by atoms with E-state index in [0.29, 0.717) is 11.7 Å². The summed E-state index contributed by atoms with van der Waals surface area (Å²) in [6.45, 7) is 10.7. The van der Waals surface area contributed by atoms with Crippen molar-refractivity contribution in [1.82, 2.24) is 0 Å². The van der Waals surface area contributed by atoms with Crippen LogP contribution in [0, 0.1) is 11.8 Å². The fourth-order valence-corrected chi connectivity index (χ4v) is 2.64. The lowest BCUT2D eigenvalue weighted by Crippen LogP contribution is -2.05. The number of hydrogen-bond donors (Lipinski definition) is 0. The molecule has 0 heterocycles. The van der Waals surface area contributed by atoms with Crippen LogP contribution in [0.5, 0.6) is 0 Å². The molecule has 19 heavy (non-hydrogen) atoms. The smallest absolute Gasteiger partial charge is 0.133 e. The zero-order valence-electron chi connectivity index (χ0n) is 13.0. The van der Waals surface area contributed by atoms with E-state index in [2.05, 4.69) is 33.4 Å². The standard InChI is InChI=1S/C18H30O/c1-5-7-17(15(4)12-14(2)3)8-6-9-18(19)13-16-10-11-16/h12,16-17H,4-11,13H2,1-3H3. The van der Waals surface area contributed by atoms with Gasteiger partial charge in [-0.3, -0.25) is 4.79 Å². The van der Waals surface area contributed by atoms with Gasteiger partial charge in [0.15, 0.2) is 0 Å². The molecule has 1 aliphatic rings. The minimum absolute atomic E-state index is 0.477. The van der Waals surface area contributed by atoms with E-state index in [0.717, 1.165) is 31.6 Å². The van der Waals surface area contributed by atoms with Crippen molar-refractivity contribution >= 4 is 5.78 Å². The van der Waals surface area contributed by atoms with Crippen molar-refractivity contribution in [2.24, 2.45) is 11.8 Å². The van der Waals surface area contributed by atoms with Crippen LogP contribution in [0.15, 0.2) is 23.8 Å². The number of rotatable bonds is 10. The van der Waals surface area contributed by atoms with Gasteiger partial charge in [-0.1, -0.05) is 37.1 Å². The molecule has 0 amide bonds. The fraction of sp³-hybridized carbons (Fsp3) is 0.722. The van der Waals surface area contributed by atoms with Crippen LogP contribution in [0.3, 0.4) is 0 Å². The van der Waals surface area contributed by atoms with Gasteiger partial charge in [0.05, 0.1) is 0 Å². The molecule has 1 rings (SSSR count). The van der Waals surface area contributed by atoms with Crippen LogP contribution in [0.4, 0.5) is 0 Å². The third-order valence-electron chi connectivity index (χ3n) is 3.86. The first kappa shape index (κ1) is 16.2. The molecule has 1 aliphatic carbocycles. The zero-order chi connectivity index (χ0) is 14.3. The summed E-state index contributed by atoms with van der Waals surface area (Å²) in [5.41, 5.74) is 2.56. The summed E-state index contributed by atoms with van der Waals surface area (Å²) < 4.78 is 0. The summed E-state index contributed by atoms with van der Waals surface area (Å²) in [5.74, 6) is 1.78. The Morgan fingerprint density at radius 3 is 2.53 bits per heavy atom. The molecule has 1 fully saturated rings. The summed E-state index contributed by atoms with van der Waals surface area (Å²) in [6.07, 6.45) is 10.9. The van der Waals surface area contributed by atoms with E-state index in [4.69, 9.17) is 0 Å². The highest BCUT2D eigenvalue weighted by Gasteiger charge is 2.24. The van der Waals surface area contributed by atoms with Crippen LogP contribution in [0.1, 0.15) is 72.1 Å². The molecule has 0 aromatic rings. The predicted molar refractivity (Wildman–Crippen MR) is 83.2 cm³/mol. The summed E-state index contributed by atoms with van der Waals surface area (Å²) >= 11 is 0. The molecule has 0 bridgehead atoms. The highest BCUT2D eigenvalue weighted by atomic mass is 16.1. The molecule has 0 radical (unpaired) electrons. The molecule has 0 aromatic carbocycles. The number of carbonyl (C=O) groups is 1. The maximum atomic E-state index is 11.7. The van der Waals surface area contributed by atoms with E-state index >= 15 is 0 Å². The Morgan fingerprint density at radius 1 is 1.32 bits per heavy atom. The normalized spacial score (nSPS) is 15.9. The molecular formula is C18H30O. The van der Waals surface area contributed by atoms with Gasteiger partial charge >= 0.3 is 0 Å². The van der Waals surface area contributed by atoms with E-state index in [1.165, 1.54) is 36.8 Å². The Hall–Kier alpha value is -0.850. The summed E-state index contributed by atoms with van der Waals surface area (Å²) in [7, 11) is 0. The molecule has 0 aliphatic heterocycles. The molecule has 1 unspecified atom stereocenters. The van der Waals surface area contributed by atoms with Crippen molar-refractivity contribution < 1.29 is 4.79 Å². The third kappa shape index (κ3) is 7.34. The summed E-state index contributed by atoms with van der Waals surface area (Å²) in [6, 6.07) is 0. The van der Waals surface area contributed by atoms with Gasteiger partial charge in [-0.05, 0) is 57.8 Å². The van der Waals surface area contributed by atoms with Gasteiger partial charge in [-0.2, -0.15) is 0 Å². The first-order valence-corrected chi connectivity index (χ1v) is 7.88. The first-order chi connectivity index (χ1) is 9.02. The van der Waals surface area contributed by atoms with Crippen LogP contribution in [0.25, 0.3) is 0 Å². The maximum Gasteiger partial charge on any atom is 0.133 e. The highest BCUT2D eigenvalue weighted by molar-refractivity contribution is 5.78. The minimum Gasteiger partial charge on any atom is -0.300 e. The fourth-order valence-electron chi connectivity index (χ4n) is 2.64. The molecule has 0 N–H and O–H groups in total. The van der Waals surface area contributed by atoms with Crippen molar-refractivity contribution in [3.05, 3.63) is 23.8 Å².